The van der Waals surface area contributed by atoms with Gasteiger partial charge < -0.3 is 15.0 Å². The van der Waals surface area contributed by atoms with Crippen LogP contribution in [-0.2, 0) is 10.9 Å². The predicted molar refractivity (Wildman–Crippen MR) is 132 cm³/mol. The molecule has 6 nitrogen and oxygen atoms in total. The summed E-state index contributed by atoms with van der Waals surface area (Å²) < 4.78 is 64.3. The number of fused-ring (bicyclic) bond motifs is 1. The van der Waals surface area contributed by atoms with Gasteiger partial charge in [0.2, 0.25) is 0 Å². The van der Waals surface area contributed by atoms with Crippen LogP contribution in [0.25, 0.3) is 11.3 Å². The van der Waals surface area contributed by atoms with Crippen LogP contribution in [0, 0.1) is 17.8 Å². The molecule has 4 heterocycles. The molecule has 0 amide bonds. The molecule has 0 radical (unpaired) electrons. The normalized spacial score (nSPS) is 29.5. The van der Waals surface area contributed by atoms with E-state index in [9.17, 15) is 13.2 Å². The lowest BCUT2D eigenvalue weighted by Crippen LogP contribution is -2.47. The number of hydrogen-bond acceptors (Lipinski definition) is 6. The summed E-state index contributed by atoms with van der Waals surface area (Å²) in [7, 11) is 0. The lowest BCUT2D eigenvalue weighted by Gasteiger charge is -2.46. The largest absolute Gasteiger partial charge is 0.417 e. The van der Waals surface area contributed by atoms with Crippen molar-refractivity contribution in [2.45, 2.75) is 76.8 Å². The predicted octanol–water partition coefficient (Wildman–Crippen LogP) is 5.66. The van der Waals surface area contributed by atoms with Crippen molar-refractivity contribution in [3.05, 3.63) is 36.2 Å². The lowest BCUT2D eigenvalue weighted by molar-refractivity contribution is -0.174. The van der Waals surface area contributed by atoms with Crippen molar-refractivity contribution in [2.75, 3.05) is 24.9 Å². The van der Waals surface area contributed by atoms with Crippen LogP contribution in [0.2, 0.25) is 0 Å². The molecule has 1 saturated carbocycles. The quantitative estimate of drug-likeness (QED) is 0.566. The molecular weight excluding hydrogens is 467 g/mol. The van der Waals surface area contributed by atoms with E-state index in [4.69, 9.17) is 7.48 Å². The number of rotatable bonds is 5. The monoisotopic (exact) mass is 505 g/mol. The van der Waals surface area contributed by atoms with Crippen LogP contribution in [0.1, 0.15) is 61.7 Å². The van der Waals surface area contributed by atoms with Gasteiger partial charge in [-0.2, -0.15) is 13.2 Å². The summed E-state index contributed by atoms with van der Waals surface area (Å²) in [6, 6.07) is 4.30. The van der Waals surface area contributed by atoms with Crippen molar-refractivity contribution in [3.8, 4) is 11.3 Å². The number of halogens is 3. The molecule has 1 N–H and O–H groups in total. The summed E-state index contributed by atoms with van der Waals surface area (Å²) in [5.41, 5.74) is -1.47. The second-order valence-corrected chi connectivity index (χ2v) is 11.8. The number of ether oxygens (including phenoxy) is 1. The molecule has 9 heteroatoms. The van der Waals surface area contributed by atoms with Crippen molar-refractivity contribution >= 4 is 5.82 Å². The highest BCUT2D eigenvalue weighted by atomic mass is 19.4. The molecule has 0 aromatic carbocycles. The van der Waals surface area contributed by atoms with Crippen molar-refractivity contribution < 1.29 is 20.6 Å². The summed E-state index contributed by atoms with van der Waals surface area (Å²) in [6.45, 7) is 8.25. The summed E-state index contributed by atoms with van der Waals surface area (Å²) in [5, 5.41) is 11.6. The molecule has 3 atom stereocenters. The number of aromatic nitrogens is 3. The maximum atomic E-state index is 13.4. The van der Waals surface area contributed by atoms with Gasteiger partial charge >= 0.3 is 6.18 Å². The Morgan fingerprint density at radius 2 is 1.72 bits per heavy atom. The van der Waals surface area contributed by atoms with E-state index in [1.165, 1.54) is 6.07 Å². The third-order valence-electron chi connectivity index (χ3n) is 7.56. The van der Waals surface area contributed by atoms with Crippen LogP contribution in [0.15, 0.2) is 30.6 Å². The number of nitrogens with zero attached hydrogens (tertiary/aromatic N) is 4. The molecule has 2 aromatic rings. The number of pyridine rings is 1. The first-order valence-corrected chi connectivity index (χ1v) is 12.7. The number of alkyl halides is 3. The number of nitrogens with one attached hydrogen (secondary N) is 1. The van der Waals surface area contributed by atoms with Crippen molar-refractivity contribution in [3.63, 3.8) is 0 Å². The molecule has 1 unspecified atom stereocenters. The molecule has 3 aliphatic rings. The molecule has 196 valence electrons. The maximum absolute atomic E-state index is 13.4. The maximum Gasteiger partial charge on any atom is 0.417 e. The summed E-state index contributed by atoms with van der Waals surface area (Å²) in [6.07, 6.45) is 0.947. The van der Waals surface area contributed by atoms with E-state index in [0.29, 0.717) is 30.5 Å². The van der Waals surface area contributed by atoms with Crippen molar-refractivity contribution in [1.82, 2.24) is 20.1 Å². The number of likely N-dealkylation sites (tertiary alicyclic amines) is 1. The first kappa shape index (κ1) is 22.9. The van der Waals surface area contributed by atoms with Gasteiger partial charge in [0.1, 0.15) is 5.82 Å². The molecule has 3 fully saturated rings. The molecule has 2 aliphatic heterocycles. The molecule has 1 aliphatic carbocycles. The molecule has 0 bridgehead atoms. The highest BCUT2D eigenvalue weighted by Crippen LogP contribution is 2.43. The van der Waals surface area contributed by atoms with Crippen LogP contribution in [0.5, 0.6) is 0 Å². The van der Waals surface area contributed by atoms with Crippen LogP contribution in [-0.4, -0.2) is 56.9 Å². The minimum absolute atomic E-state index is 0.0968. The molecule has 2 aromatic heterocycles. The third-order valence-corrected chi connectivity index (χ3v) is 7.56. The average Bonchev–Trinajstić information content (AvgIpc) is 3.36. The van der Waals surface area contributed by atoms with E-state index in [1.54, 1.807) is 6.07 Å². The van der Waals surface area contributed by atoms with E-state index < -0.39 is 18.2 Å². The van der Waals surface area contributed by atoms with E-state index in [1.807, 2.05) is 32.6 Å². The van der Waals surface area contributed by atoms with Gasteiger partial charge in [0.05, 0.1) is 22.5 Å². The first-order chi connectivity index (χ1) is 17.6. The first-order valence-electron chi connectivity index (χ1n) is 13.7. The average molecular weight is 506 g/mol. The van der Waals surface area contributed by atoms with E-state index >= 15 is 0 Å². The minimum Gasteiger partial charge on any atom is -0.370 e. The second-order valence-electron chi connectivity index (χ2n) is 11.8. The molecule has 5 rings (SSSR count). The van der Waals surface area contributed by atoms with Crippen LogP contribution in [0.3, 0.4) is 0 Å². The van der Waals surface area contributed by atoms with Gasteiger partial charge in [-0.3, -0.25) is 4.98 Å². The SMILES string of the molecule is [2H]C([2H])(C1CC(C)(C)OC(C)(C)C1)N1C[C@H]2CC(Nc3ccc(-c4cnccc4C(F)(F)F)nn3)C[C@H]2C1. The second kappa shape index (κ2) is 9.24. The summed E-state index contributed by atoms with van der Waals surface area (Å²) in [5.74, 6) is 1.20. The minimum atomic E-state index is -4.50. The zero-order valence-corrected chi connectivity index (χ0v) is 21.3. The van der Waals surface area contributed by atoms with E-state index in [-0.39, 0.29) is 34.4 Å². The Hall–Kier alpha value is -2.26. The molecule has 0 spiro atoms. The Kier molecular flexibility index (Phi) is 5.88. The van der Waals surface area contributed by atoms with Gasteiger partial charge in [-0.1, -0.05) is 0 Å². The van der Waals surface area contributed by atoms with E-state index in [2.05, 4.69) is 20.5 Å². The van der Waals surface area contributed by atoms with Gasteiger partial charge in [-0.05, 0) is 89.3 Å². The van der Waals surface area contributed by atoms with Crippen molar-refractivity contribution in [1.29, 1.82) is 0 Å². The highest BCUT2D eigenvalue weighted by molar-refractivity contribution is 5.63. The van der Waals surface area contributed by atoms with Crippen molar-refractivity contribution in [2.24, 2.45) is 17.8 Å². The van der Waals surface area contributed by atoms with Crippen LogP contribution >= 0.6 is 0 Å². The smallest absolute Gasteiger partial charge is 0.370 e. The Morgan fingerprint density at radius 3 is 2.31 bits per heavy atom. The Labute approximate surface area is 213 Å². The standard InChI is InChI=1S/C27H36F3N5O/c1-25(2)11-17(12-26(3,4)36-25)14-35-15-18-9-20(10-19(18)16-35)32-24-6-5-23(33-34-24)21-13-31-8-7-22(21)27(28,29)30/h5-8,13,17-20H,9-12,14-16H2,1-4H3,(H,32,34)/t18-,19+,20?/i14D2. The molecule has 36 heavy (non-hydrogen) atoms. The third kappa shape index (κ3) is 5.67. The van der Waals surface area contributed by atoms with Gasteiger partial charge in [0, 0.05) is 46.3 Å². The summed E-state index contributed by atoms with van der Waals surface area (Å²) >= 11 is 0. The van der Waals surface area contributed by atoms with Crippen LogP contribution < -0.4 is 5.32 Å². The highest BCUT2D eigenvalue weighted by Gasteiger charge is 2.44. The fourth-order valence-electron chi connectivity index (χ4n) is 6.57. The Balaban J connectivity index is 1.20. The Bertz CT molecular complexity index is 1130. The molecular formula is C27H36F3N5O. The fourth-order valence-corrected chi connectivity index (χ4v) is 6.57. The number of anilines is 1. The van der Waals surface area contributed by atoms with Crippen LogP contribution in [0.4, 0.5) is 19.0 Å². The fraction of sp³-hybridized carbons (Fsp3) is 0.667. The van der Waals surface area contributed by atoms with Gasteiger partial charge in [0.15, 0.2) is 0 Å². The Morgan fingerprint density at radius 1 is 1.06 bits per heavy atom. The zero-order chi connectivity index (χ0) is 27.5. The topological polar surface area (TPSA) is 63.2 Å². The lowest BCUT2D eigenvalue weighted by atomic mass is 9.80. The van der Waals surface area contributed by atoms with E-state index in [0.717, 1.165) is 44.4 Å². The van der Waals surface area contributed by atoms with Gasteiger partial charge in [0.25, 0.3) is 0 Å². The zero-order valence-electron chi connectivity index (χ0n) is 23.3. The van der Waals surface area contributed by atoms with Gasteiger partial charge in [-0.15, -0.1) is 10.2 Å². The summed E-state index contributed by atoms with van der Waals surface area (Å²) in [4.78, 5) is 5.86. The van der Waals surface area contributed by atoms with Gasteiger partial charge in [-0.25, -0.2) is 0 Å². The molecule has 2 saturated heterocycles. The number of hydrogen-bond donors (Lipinski definition) is 1.